The summed E-state index contributed by atoms with van der Waals surface area (Å²) >= 11 is 0. The molecule has 0 bridgehead atoms. The third kappa shape index (κ3) is 5.06. The number of hydrogen-bond donors (Lipinski definition) is 2. The third-order valence-electron chi connectivity index (χ3n) is 4.22. The molecule has 2 aromatic rings. The van der Waals surface area contributed by atoms with Gasteiger partial charge < -0.3 is 10.4 Å². The van der Waals surface area contributed by atoms with E-state index in [2.05, 4.69) is 0 Å². The summed E-state index contributed by atoms with van der Waals surface area (Å²) in [6, 6.07) is 8.80. The van der Waals surface area contributed by atoms with Crippen LogP contribution in [0.5, 0.6) is 0 Å². The summed E-state index contributed by atoms with van der Waals surface area (Å²) in [4.78, 5) is 21.6. The van der Waals surface area contributed by atoms with Crippen molar-refractivity contribution >= 4 is 17.3 Å². The first-order valence-electron chi connectivity index (χ1n) is 8.26. The van der Waals surface area contributed by atoms with Gasteiger partial charge in [0.1, 0.15) is 5.56 Å². The Labute approximate surface area is 165 Å². The number of benzene rings is 2. The average molecular weight is 436 g/mol. The van der Waals surface area contributed by atoms with Crippen LogP contribution in [0.2, 0.25) is 0 Å². The number of nitrogens with one attached hydrogen (secondary N) is 1. The SMILES string of the molecule is O=C(Nc1ccc([N+](=O)[O-])c(C(F)(F)F)c1)C(O)(CCc1ccccc1)C(F)(F)F. The molecule has 12 heteroatoms. The number of amides is 1. The molecule has 1 amide bonds. The predicted molar refractivity (Wildman–Crippen MR) is 92.5 cm³/mol. The second-order valence-corrected chi connectivity index (χ2v) is 6.28. The van der Waals surface area contributed by atoms with Crippen molar-refractivity contribution in [3.8, 4) is 0 Å². The minimum atomic E-state index is -5.43. The van der Waals surface area contributed by atoms with Crippen LogP contribution in [-0.2, 0) is 17.4 Å². The molecule has 0 saturated carbocycles. The molecule has 0 radical (unpaired) electrons. The molecular weight excluding hydrogens is 422 g/mol. The van der Waals surface area contributed by atoms with Crippen LogP contribution in [0.25, 0.3) is 0 Å². The minimum Gasteiger partial charge on any atom is -0.373 e. The molecule has 1 unspecified atom stereocenters. The molecule has 0 aromatic heterocycles. The maximum Gasteiger partial charge on any atom is 0.426 e. The summed E-state index contributed by atoms with van der Waals surface area (Å²) < 4.78 is 79.3. The lowest BCUT2D eigenvalue weighted by atomic mass is 9.93. The first kappa shape index (κ1) is 23.1. The number of anilines is 1. The van der Waals surface area contributed by atoms with Crippen LogP contribution in [0.4, 0.5) is 37.7 Å². The third-order valence-corrected chi connectivity index (χ3v) is 4.22. The Bertz CT molecular complexity index is 931. The van der Waals surface area contributed by atoms with E-state index in [1.807, 2.05) is 0 Å². The molecule has 0 heterocycles. The Balaban J connectivity index is 2.32. The first-order chi connectivity index (χ1) is 13.8. The fraction of sp³-hybridized carbons (Fsp3) is 0.278. The molecule has 0 spiro atoms. The summed E-state index contributed by atoms with van der Waals surface area (Å²) in [6.45, 7) is 0. The molecular formula is C18H14F6N2O4. The summed E-state index contributed by atoms with van der Waals surface area (Å²) in [6.07, 6.45) is -12.1. The smallest absolute Gasteiger partial charge is 0.373 e. The standard InChI is InChI=1S/C18H14F6N2O4/c19-17(20,21)13-10-12(6-7-14(13)26(29)30)25-15(27)16(28,18(22,23)24)9-8-11-4-2-1-3-5-11/h1-7,10,28H,8-9H2,(H,25,27). The van der Waals surface area contributed by atoms with E-state index in [4.69, 9.17) is 0 Å². The van der Waals surface area contributed by atoms with Gasteiger partial charge in [-0.2, -0.15) is 26.3 Å². The van der Waals surface area contributed by atoms with Crippen molar-refractivity contribution < 1.29 is 41.2 Å². The average Bonchev–Trinajstić information content (AvgIpc) is 2.65. The van der Waals surface area contributed by atoms with Gasteiger partial charge in [-0.15, -0.1) is 0 Å². The molecule has 0 aliphatic rings. The van der Waals surface area contributed by atoms with Gasteiger partial charge in [0.25, 0.3) is 11.6 Å². The number of nitro benzene ring substituents is 1. The van der Waals surface area contributed by atoms with E-state index >= 15 is 0 Å². The molecule has 2 N–H and O–H groups in total. The Morgan fingerprint density at radius 1 is 1.03 bits per heavy atom. The van der Waals surface area contributed by atoms with Gasteiger partial charge in [-0.3, -0.25) is 14.9 Å². The van der Waals surface area contributed by atoms with Gasteiger partial charge in [0.2, 0.25) is 5.60 Å². The molecule has 30 heavy (non-hydrogen) atoms. The number of carbonyl (C=O) groups is 1. The Hall–Kier alpha value is -3.15. The zero-order chi connectivity index (χ0) is 22.7. The van der Waals surface area contributed by atoms with Crippen LogP contribution >= 0.6 is 0 Å². The van der Waals surface area contributed by atoms with Crippen LogP contribution in [0.3, 0.4) is 0 Å². The van der Waals surface area contributed by atoms with E-state index in [1.165, 1.54) is 24.3 Å². The number of nitrogens with zero attached hydrogens (tertiary/aromatic N) is 1. The highest BCUT2D eigenvalue weighted by atomic mass is 19.4. The summed E-state index contributed by atoms with van der Waals surface area (Å²) in [5.41, 5.74) is -7.40. The fourth-order valence-electron chi connectivity index (χ4n) is 2.59. The van der Waals surface area contributed by atoms with Gasteiger partial charge in [0, 0.05) is 11.8 Å². The highest BCUT2D eigenvalue weighted by molar-refractivity contribution is 5.98. The number of nitro groups is 1. The second kappa shape index (κ2) is 8.30. The quantitative estimate of drug-likeness (QED) is 0.397. The van der Waals surface area contributed by atoms with Gasteiger partial charge >= 0.3 is 12.4 Å². The van der Waals surface area contributed by atoms with Crippen LogP contribution in [0, 0.1) is 10.1 Å². The van der Waals surface area contributed by atoms with E-state index in [0.717, 1.165) is 0 Å². The van der Waals surface area contributed by atoms with Crippen molar-refractivity contribution in [1.82, 2.24) is 0 Å². The molecule has 0 aliphatic carbocycles. The lowest BCUT2D eigenvalue weighted by molar-refractivity contribution is -0.388. The van der Waals surface area contributed by atoms with Crippen molar-refractivity contribution in [1.29, 1.82) is 0 Å². The molecule has 2 rings (SSSR count). The number of alkyl halides is 6. The van der Waals surface area contributed by atoms with Crippen LogP contribution < -0.4 is 5.32 Å². The topological polar surface area (TPSA) is 92.5 Å². The zero-order valence-corrected chi connectivity index (χ0v) is 14.9. The Morgan fingerprint density at radius 2 is 1.63 bits per heavy atom. The van der Waals surface area contributed by atoms with Gasteiger partial charge in [-0.05, 0) is 30.5 Å². The summed E-state index contributed by atoms with van der Waals surface area (Å²) in [5.74, 6) is -2.01. The highest BCUT2D eigenvalue weighted by Gasteiger charge is 2.59. The van der Waals surface area contributed by atoms with Crippen molar-refractivity contribution in [2.24, 2.45) is 0 Å². The number of aliphatic hydroxyl groups is 1. The van der Waals surface area contributed by atoms with Gasteiger partial charge in [0.05, 0.1) is 4.92 Å². The van der Waals surface area contributed by atoms with Gasteiger partial charge in [-0.25, -0.2) is 0 Å². The maximum atomic E-state index is 13.4. The predicted octanol–water partition coefficient (Wildman–Crippen LogP) is 4.48. The summed E-state index contributed by atoms with van der Waals surface area (Å²) in [7, 11) is 0. The molecule has 1 atom stereocenters. The number of hydrogen-bond acceptors (Lipinski definition) is 4. The zero-order valence-electron chi connectivity index (χ0n) is 14.9. The largest absolute Gasteiger partial charge is 0.426 e. The number of halogens is 6. The Kier molecular flexibility index (Phi) is 6.40. The molecule has 6 nitrogen and oxygen atoms in total. The molecule has 0 fully saturated rings. The van der Waals surface area contributed by atoms with Gasteiger partial charge in [-0.1, -0.05) is 30.3 Å². The lowest BCUT2D eigenvalue weighted by Gasteiger charge is -2.29. The number of rotatable bonds is 6. The van der Waals surface area contributed by atoms with Crippen molar-refractivity contribution in [2.75, 3.05) is 5.32 Å². The van der Waals surface area contributed by atoms with E-state index < -0.39 is 52.1 Å². The summed E-state index contributed by atoms with van der Waals surface area (Å²) in [5, 5.41) is 22.4. The normalized spacial score (nSPS) is 14.1. The first-order valence-corrected chi connectivity index (χ1v) is 8.26. The molecule has 0 saturated heterocycles. The monoisotopic (exact) mass is 436 g/mol. The van der Waals surface area contributed by atoms with Crippen molar-refractivity contribution in [3.63, 3.8) is 0 Å². The molecule has 162 valence electrons. The van der Waals surface area contributed by atoms with E-state index in [9.17, 15) is 46.4 Å². The van der Waals surface area contributed by atoms with E-state index in [-0.39, 0.29) is 12.5 Å². The second-order valence-electron chi connectivity index (χ2n) is 6.28. The Morgan fingerprint density at radius 3 is 2.13 bits per heavy atom. The van der Waals surface area contributed by atoms with E-state index in [0.29, 0.717) is 17.7 Å². The lowest BCUT2D eigenvalue weighted by Crippen LogP contribution is -2.55. The number of carbonyl (C=O) groups excluding carboxylic acids is 1. The minimum absolute atomic E-state index is 0.129. The van der Waals surface area contributed by atoms with E-state index in [1.54, 1.807) is 11.4 Å². The van der Waals surface area contributed by atoms with Crippen molar-refractivity contribution in [3.05, 3.63) is 69.8 Å². The molecule has 0 aliphatic heterocycles. The van der Waals surface area contributed by atoms with Crippen LogP contribution in [0.15, 0.2) is 48.5 Å². The number of aryl methyl sites for hydroxylation is 1. The fourth-order valence-corrected chi connectivity index (χ4v) is 2.59. The van der Waals surface area contributed by atoms with Crippen LogP contribution in [-0.4, -0.2) is 27.7 Å². The van der Waals surface area contributed by atoms with Crippen LogP contribution in [0.1, 0.15) is 17.5 Å². The van der Waals surface area contributed by atoms with Crippen molar-refractivity contribution in [2.45, 2.75) is 30.8 Å². The maximum absolute atomic E-state index is 13.4. The molecule has 2 aromatic carbocycles. The van der Waals surface area contributed by atoms with Gasteiger partial charge in [0.15, 0.2) is 0 Å². The highest BCUT2D eigenvalue weighted by Crippen LogP contribution is 2.39.